The number of aromatic nitrogens is 4. The minimum Gasteiger partial charge on any atom is -0.356 e. The Balaban J connectivity index is 1.65. The first kappa shape index (κ1) is 17.4. The van der Waals surface area contributed by atoms with Crippen LogP contribution < -0.4 is 10.2 Å². The van der Waals surface area contributed by atoms with Gasteiger partial charge in [-0.2, -0.15) is 5.10 Å². The summed E-state index contributed by atoms with van der Waals surface area (Å²) < 4.78 is 1.55. The molecule has 3 heterocycles. The second-order valence-electron chi connectivity index (χ2n) is 6.51. The highest BCUT2D eigenvalue weighted by molar-refractivity contribution is 5.79. The smallest absolute Gasteiger partial charge is 0.244 e. The van der Waals surface area contributed by atoms with Crippen molar-refractivity contribution in [1.82, 2.24) is 25.1 Å². The highest BCUT2D eigenvalue weighted by atomic mass is 16.2. The van der Waals surface area contributed by atoms with Gasteiger partial charge in [0.05, 0.1) is 0 Å². The van der Waals surface area contributed by atoms with Crippen LogP contribution in [0.5, 0.6) is 0 Å². The molecule has 3 rings (SSSR count). The number of hydrogen-bond donors (Lipinski definition) is 1. The maximum atomic E-state index is 12.4. The predicted molar refractivity (Wildman–Crippen MR) is 96.1 cm³/mol. The number of hydrogen-bond acceptors (Lipinski definition) is 5. The number of nitrogens with one attached hydrogen (secondary N) is 1. The second kappa shape index (κ2) is 8.60. The van der Waals surface area contributed by atoms with Crippen molar-refractivity contribution in [3.63, 3.8) is 0 Å². The van der Waals surface area contributed by atoms with E-state index in [2.05, 4.69) is 25.3 Å². The number of amides is 1. The molecular formula is C18H26N6O. The Kier molecular flexibility index (Phi) is 5.98. The van der Waals surface area contributed by atoms with Crippen LogP contribution in [0.1, 0.15) is 50.6 Å². The molecule has 7 nitrogen and oxygen atoms in total. The molecule has 1 atom stereocenters. The lowest BCUT2D eigenvalue weighted by molar-refractivity contribution is -0.124. The van der Waals surface area contributed by atoms with Crippen molar-refractivity contribution in [1.29, 1.82) is 0 Å². The third-order valence-corrected chi connectivity index (χ3v) is 4.69. The highest BCUT2D eigenvalue weighted by Gasteiger charge is 2.17. The number of pyridine rings is 1. The van der Waals surface area contributed by atoms with Crippen molar-refractivity contribution < 1.29 is 4.79 Å². The van der Waals surface area contributed by atoms with Crippen LogP contribution in [0.4, 0.5) is 5.82 Å². The molecular weight excluding hydrogens is 316 g/mol. The van der Waals surface area contributed by atoms with Crippen LogP contribution >= 0.6 is 0 Å². The van der Waals surface area contributed by atoms with E-state index in [1.165, 1.54) is 38.4 Å². The maximum absolute atomic E-state index is 12.4. The van der Waals surface area contributed by atoms with E-state index >= 15 is 0 Å². The first-order chi connectivity index (χ1) is 12.3. The monoisotopic (exact) mass is 342 g/mol. The molecule has 1 amide bonds. The lowest BCUT2D eigenvalue weighted by atomic mass is 10.1. The molecule has 0 radical (unpaired) electrons. The van der Waals surface area contributed by atoms with E-state index in [-0.39, 0.29) is 11.9 Å². The molecule has 0 bridgehead atoms. The predicted octanol–water partition coefficient (Wildman–Crippen LogP) is 2.32. The topological polar surface area (TPSA) is 75.9 Å². The Morgan fingerprint density at radius 1 is 1.24 bits per heavy atom. The quantitative estimate of drug-likeness (QED) is 0.902. The van der Waals surface area contributed by atoms with Gasteiger partial charge in [0.2, 0.25) is 5.91 Å². The van der Waals surface area contributed by atoms with Crippen LogP contribution in [-0.2, 0) is 11.3 Å². The fourth-order valence-corrected chi connectivity index (χ4v) is 3.18. The standard InChI is InChI=1S/C18H26N6O/c1-15(24-14-19-13-22-24)18(25)21-12-16-8-7-9-20-17(16)23-10-5-3-2-4-6-11-23/h7-9,13-15H,2-6,10-12H2,1H3,(H,21,25)/t15-/m1/s1. The Hall–Kier alpha value is -2.44. The second-order valence-corrected chi connectivity index (χ2v) is 6.51. The van der Waals surface area contributed by atoms with Gasteiger partial charge in [-0.15, -0.1) is 0 Å². The van der Waals surface area contributed by atoms with E-state index < -0.39 is 0 Å². The van der Waals surface area contributed by atoms with Crippen LogP contribution in [0.2, 0.25) is 0 Å². The molecule has 1 fully saturated rings. The molecule has 0 unspecified atom stereocenters. The Labute approximate surface area is 148 Å². The molecule has 134 valence electrons. The van der Waals surface area contributed by atoms with E-state index in [1.54, 1.807) is 11.0 Å². The lowest BCUT2D eigenvalue weighted by Gasteiger charge is -2.27. The first-order valence-corrected chi connectivity index (χ1v) is 9.06. The molecule has 1 saturated heterocycles. The van der Waals surface area contributed by atoms with Crippen molar-refractivity contribution in [2.75, 3.05) is 18.0 Å². The number of rotatable bonds is 5. The van der Waals surface area contributed by atoms with Crippen LogP contribution in [0, 0.1) is 0 Å². The zero-order valence-electron chi connectivity index (χ0n) is 14.8. The Morgan fingerprint density at radius 2 is 2.00 bits per heavy atom. The summed E-state index contributed by atoms with van der Waals surface area (Å²) in [5.41, 5.74) is 1.06. The van der Waals surface area contributed by atoms with Gasteiger partial charge in [-0.25, -0.2) is 14.6 Å². The summed E-state index contributed by atoms with van der Waals surface area (Å²) in [6.45, 7) is 4.35. The van der Waals surface area contributed by atoms with Crippen LogP contribution in [0.15, 0.2) is 31.0 Å². The summed E-state index contributed by atoms with van der Waals surface area (Å²) >= 11 is 0. The normalized spacial score (nSPS) is 16.8. The van der Waals surface area contributed by atoms with Crippen LogP contribution in [0.3, 0.4) is 0 Å². The van der Waals surface area contributed by atoms with Gasteiger partial charge in [-0.1, -0.05) is 25.3 Å². The molecule has 2 aromatic heterocycles. The number of carbonyl (C=O) groups is 1. The van der Waals surface area contributed by atoms with Gasteiger partial charge in [-0.05, 0) is 25.8 Å². The summed E-state index contributed by atoms with van der Waals surface area (Å²) in [7, 11) is 0. The Bertz CT molecular complexity index is 664. The van der Waals surface area contributed by atoms with Gasteiger partial charge in [0.1, 0.15) is 24.5 Å². The number of carbonyl (C=O) groups excluding carboxylic acids is 1. The van der Waals surface area contributed by atoms with Crippen molar-refractivity contribution in [3.8, 4) is 0 Å². The molecule has 0 aliphatic carbocycles. The molecule has 1 aliphatic heterocycles. The zero-order chi connectivity index (χ0) is 17.5. The average molecular weight is 342 g/mol. The summed E-state index contributed by atoms with van der Waals surface area (Å²) in [6, 6.07) is 3.58. The lowest BCUT2D eigenvalue weighted by Crippen LogP contribution is -2.33. The summed E-state index contributed by atoms with van der Waals surface area (Å²) in [6.07, 6.45) is 11.1. The highest BCUT2D eigenvalue weighted by Crippen LogP contribution is 2.21. The van der Waals surface area contributed by atoms with Gasteiger partial charge in [0.25, 0.3) is 0 Å². The molecule has 1 aliphatic rings. The van der Waals surface area contributed by atoms with Gasteiger partial charge in [0.15, 0.2) is 0 Å². The number of anilines is 1. The molecule has 0 aromatic carbocycles. The average Bonchev–Trinajstić information content (AvgIpc) is 3.14. The van der Waals surface area contributed by atoms with Crippen molar-refractivity contribution in [2.24, 2.45) is 0 Å². The fourth-order valence-electron chi connectivity index (χ4n) is 3.18. The summed E-state index contributed by atoms with van der Waals surface area (Å²) in [5, 5.41) is 7.03. The molecule has 7 heteroatoms. The van der Waals surface area contributed by atoms with Gasteiger partial charge >= 0.3 is 0 Å². The van der Waals surface area contributed by atoms with E-state index in [4.69, 9.17) is 0 Å². The van der Waals surface area contributed by atoms with E-state index in [0.29, 0.717) is 6.54 Å². The molecule has 2 aromatic rings. The molecule has 0 saturated carbocycles. The minimum absolute atomic E-state index is 0.0760. The van der Waals surface area contributed by atoms with Crippen molar-refractivity contribution >= 4 is 11.7 Å². The fraction of sp³-hybridized carbons (Fsp3) is 0.556. The van der Waals surface area contributed by atoms with Gasteiger partial charge < -0.3 is 10.2 Å². The molecule has 1 N–H and O–H groups in total. The van der Waals surface area contributed by atoms with E-state index in [0.717, 1.165) is 24.5 Å². The van der Waals surface area contributed by atoms with Crippen molar-refractivity contribution in [2.45, 2.75) is 51.6 Å². The van der Waals surface area contributed by atoms with Gasteiger partial charge in [0, 0.05) is 31.4 Å². The first-order valence-electron chi connectivity index (χ1n) is 9.06. The Morgan fingerprint density at radius 3 is 2.72 bits per heavy atom. The van der Waals surface area contributed by atoms with Crippen molar-refractivity contribution in [3.05, 3.63) is 36.5 Å². The largest absolute Gasteiger partial charge is 0.356 e. The summed E-state index contributed by atoms with van der Waals surface area (Å²) in [5.74, 6) is 0.922. The minimum atomic E-state index is -0.385. The molecule has 0 spiro atoms. The SMILES string of the molecule is C[C@H](C(=O)NCc1cccnc1N1CCCCCCC1)n1cncn1. The van der Waals surface area contributed by atoms with Crippen LogP contribution in [-0.4, -0.2) is 38.7 Å². The van der Waals surface area contributed by atoms with Gasteiger partial charge in [-0.3, -0.25) is 4.79 Å². The van der Waals surface area contributed by atoms with E-state index in [1.807, 2.05) is 25.3 Å². The maximum Gasteiger partial charge on any atom is 0.244 e. The van der Waals surface area contributed by atoms with E-state index in [9.17, 15) is 4.79 Å². The van der Waals surface area contributed by atoms with Crippen LogP contribution in [0.25, 0.3) is 0 Å². The molecule has 25 heavy (non-hydrogen) atoms. The zero-order valence-corrected chi connectivity index (χ0v) is 14.8. The third-order valence-electron chi connectivity index (χ3n) is 4.69. The third kappa shape index (κ3) is 4.55. The summed E-state index contributed by atoms with van der Waals surface area (Å²) in [4.78, 5) is 23.2. The number of nitrogens with zero attached hydrogens (tertiary/aromatic N) is 5.